The van der Waals surface area contributed by atoms with E-state index in [1.54, 1.807) is 7.11 Å². The van der Waals surface area contributed by atoms with Gasteiger partial charge in [0.05, 0.1) is 19.8 Å². The number of rotatable bonds is 7. The number of guanidine groups is 1. The average Bonchev–Trinajstić information content (AvgIpc) is 2.65. The third-order valence-electron chi connectivity index (χ3n) is 4.17. The van der Waals surface area contributed by atoms with Gasteiger partial charge in [-0.15, -0.1) is 24.0 Å². The molecule has 0 aliphatic rings. The monoisotopic (exact) mass is 483 g/mol. The van der Waals surface area contributed by atoms with Crippen LogP contribution < -0.4 is 10.1 Å². The van der Waals surface area contributed by atoms with Crippen molar-refractivity contribution in [3.63, 3.8) is 0 Å². The highest BCUT2D eigenvalue weighted by Gasteiger charge is 2.12. The summed E-state index contributed by atoms with van der Waals surface area (Å²) >= 11 is 0. The van der Waals surface area contributed by atoms with E-state index in [0.717, 1.165) is 29.4 Å². The van der Waals surface area contributed by atoms with Gasteiger partial charge in [-0.1, -0.05) is 48.0 Å². The van der Waals surface area contributed by atoms with E-state index < -0.39 is 6.10 Å². The second-order valence-electron chi connectivity index (χ2n) is 6.29. The summed E-state index contributed by atoms with van der Waals surface area (Å²) in [7, 11) is 3.66. The molecule has 6 heteroatoms. The Bertz CT molecular complexity index is 720. The molecule has 2 rings (SSSR count). The predicted molar refractivity (Wildman–Crippen MR) is 122 cm³/mol. The summed E-state index contributed by atoms with van der Waals surface area (Å²) in [6, 6.07) is 15.8. The van der Waals surface area contributed by atoms with E-state index in [0.29, 0.717) is 13.1 Å². The fourth-order valence-electron chi connectivity index (χ4n) is 2.70. The zero-order chi connectivity index (χ0) is 18.9. The minimum atomic E-state index is -0.621. The van der Waals surface area contributed by atoms with Crippen LogP contribution >= 0.6 is 24.0 Å². The van der Waals surface area contributed by atoms with E-state index in [1.165, 1.54) is 5.56 Å². The Balaban J connectivity index is 0.00000364. The highest BCUT2D eigenvalue weighted by atomic mass is 127. The summed E-state index contributed by atoms with van der Waals surface area (Å²) < 4.78 is 5.42. The smallest absolute Gasteiger partial charge is 0.194 e. The van der Waals surface area contributed by atoms with Gasteiger partial charge in [0.2, 0.25) is 0 Å². The highest BCUT2D eigenvalue weighted by molar-refractivity contribution is 14.0. The number of aliphatic imine (C=N–C) groups is 1. The molecule has 0 aliphatic heterocycles. The summed E-state index contributed by atoms with van der Waals surface area (Å²) in [6.07, 6.45) is -0.621. The molecule has 0 aromatic heterocycles. The number of methoxy groups -OCH3 is 1. The molecule has 2 aromatic rings. The van der Waals surface area contributed by atoms with Crippen molar-refractivity contribution in [3.05, 3.63) is 65.2 Å². The van der Waals surface area contributed by atoms with Gasteiger partial charge in [-0.05, 0) is 25.5 Å². The number of hydrogen-bond donors (Lipinski definition) is 2. The van der Waals surface area contributed by atoms with Gasteiger partial charge in [0.1, 0.15) is 5.75 Å². The van der Waals surface area contributed by atoms with Crippen LogP contribution in [-0.4, -0.2) is 43.2 Å². The summed E-state index contributed by atoms with van der Waals surface area (Å²) in [5.74, 6) is 1.61. The van der Waals surface area contributed by atoms with Crippen molar-refractivity contribution in [1.82, 2.24) is 10.2 Å². The molecule has 0 amide bonds. The molecular weight excluding hydrogens is 453 g/mol. The lowest BCUT2D eigenvalue weighted by Crippen LogP contribution is -2.38. The molecule has 0 spiro atoms. The third kappa shape index (κ3) is 7.03. The second kappa shape index (κ2) is 11.8. The topological polar surface area (TPSA) is 57.1 Å². The lowest BCUT2D eigenvalue weighted by molar-refractivity contribution is 0.186. The molecule has 0 bridgehead atoms. The summed E-state index contributed by atoms with van der Waals surface area (Å²) in [5, 5.41) is 13.7. The van der Waals surface area contributed by atoms with Gasteiger partial charge in [0.25, 0.3) is 0 Å². The van der Waals surface area contributed by atoms with Gasteiger partial charge in [0.15, 0.2) is 5.96 Å². The normalized spacial score (nSPS) is 12.1. The van der Waals surface area contributed by atoms with Crippen LogP contribution in [0.1, 0.15) is 29.7 Å². The maximum Gasteiger partial charge on any atom is 0.194 e. The number of nitrogens with zero attached hydrogens (tertiary/aromatic N) is 2. The zero-order valence-corrected chi connectivity index (χ0v) is 18.8. The number of benzene rings is 2. The average molecular weight is 483 g/mol. The van der Waals surface area contributed by atoms with Crippen LogP contribution in [-0.2, 0) is 6.54 Å². The van der Waals surface area contributed by atoms with Crippen LogP contribution in [0.25, 0.3) is 0 Å². The Kier molecular flexibility index (Phi) is 10.2. The largest absolute Gasteiger partial charge is 0.496 e. The van der Waals surface area contributed by atoms with Crippen LogP contribution in [0.3, 0.4) is 0 Å². The van der Waals surface area contributed by atoms with E-state index in [-0.39, 0.29) is 24.0 Å². The van der Waals surface area contributed by atoms with Gasteiger partial charge < -0.3 is 20.1 Å². The molecule has 2 aromatic carbocycles. The maximum atomic E-state index is 10.4. The molecule has 0 saturated heterocycles. The maximum absolute atomic E-state index is 10.4. The summed E-state index contributed by atoms with van der Waals surface area (Å²) in [5.41, 5.74) is 3.14. The Morgan fingerprint density at radius 3 is 2.48 bits per heavy atom. The molecule has 0 radical (unpaired) electrons. The van der Waals surface area contributed by atoms with E-state index in [1.807, 2.05) is 74.3 Å². The summed E-state index contributed by atoms with van der Waals surface area (Å²) in [4.78, 5) is 6.64. The molecule has 0 aliphatic carbocycles. The first kappa shape index (κ1) is 23.2. The van der Waals surface area contributed by atoms with Crippen LogP contribution in [0.5, 0.6) is 5.75 Å². The van der Waals surface area contributed by atoms with Crippen molar-refractivity contribution >= 4 is 29.9 Å². The van der Waals surface area contributed by atoms with Gasteiger partial charge >= 0.3 is 0 Å². The number of para-hydroxylation sites is 1. The number of nitrogens with one attached hydrogen (secondary N) is 1. The van der Waals surface area contributed by atoms with Crippen molar-refractivity contribution in [1.29, 1.82) is 0 Å². The fraction of sp³-hybridized carbons (Fsp3) is 0.381. The van der Waals surface area contributed by atoms with Crippen molar-refractivity contribution in [3.8, 4) is 5.75 Å². The van der Waals surface area contributed by atoms with Crippen LogP contribution in [0, 0.1) is 6.92 Å². The van der Waals surface area contributed by atoms with Crippen molar-refractivity contribution < 1.29 is 9.84 Å². The van der Waals surface area contributed by atoms with E-state index in [4.69, 9.17) is 4.74 Å². The quantitative estimate of drug-likeness (QED) is 0.358. The molecule has 27 heavy (non-hydrogen) atoms. The zero-order valence-electron chi connectivity index (χ0n) is 16.5. The number of aliphatic hydroxyl groups is 1. The lowest BCUT2D eigenvalue weighted by Gasteiger charge is -2.23. The number of aliphatic hydroxyl groups excluding tert-OH is 1. The number of aryl methyl sites for hydroxylation is 1. The van der Waals surface area contributed by atoms with Crippen molar-refractivity contribution in [2.24, 2.45) is 4.99 Å². The highest BCUT2D eigenvalue weighted by Crippen LogP contribution is 2.19. The number of halogens is 1. The Labute approximate surface area is 179 Å². The first-order valence-electron chi connectivity index (χ1n) is 8.91. The molecule has 0 fully saturated rings. The van der Waals surface area contributed by atoms with Crippen LogP contribution in [0.4, 0.5) is 0 Å². The Morgan fingerprint density at radius 1 is 1.19 bits per heavy atom. The minimum absolute atomic E-state index is 0. The van der Waals surface area contributed by atoms with Gasteiger partial charge in [0, 0.05) is 25.7 Å². The van der Waals surface area contributed by atoms with Crippen LogP contribution in [0.2, 0.25) is 0 Å². The Hall–Kier alpha value is -1.80. The van der Waals surface area contributed by atoms with Gasteiger partial charge in [-0.3, -0.25) is 4.99 Å². The van der Waals surface area contributed by atoms with Crippen LogP contribution in [0.15, 0.2) is 53.5 Å². The number of hydrogen-bond acceptors (Lipinski definition) is 3. The fourth-order valence-corrected chi connectivity index (χ4v) is 2.70. The molecule has 0 saturated carbocycles. The van der Waals surface area contributed by atoms with E-state index in [2.05, 4.69) is 10.3 Å². The van der Waals surface area contributed by atoms with Crippen molar-refractivity contribution in [2.75, 3.05) is 27.2 Å². The molecule has 0 heterocycles. The Morgan fingerprint density at radius 2 is 1.85 bits per heavy atom. The number of ether oxygens (including phenoxy) is 1. The van der Waals surface area contributed by atoms with E-state index in [9.17, 15) is 5.11 Å². The SMILES string of the molecule is CCNC(=NCC(O)c1ccc(C)cc1)N(C)Cc1ccccc1OC.I. The standard InChI is InChI=1S/C21H29N3O2.HI/c1-5-22-21(23-14-19(25)17-12-10-16(2)11-13-17)24(3)15-18-8-6-7-9-20(18)26-4;/h6-13,19,25H,5,14-15H2,1-4H3,(H,22,23);1H. The van der Waals surface area contributed by atoms with Gasteiger partial charge in [-0.25, -0.2) is 0 Å². The van der Waals surface area contributed by atoms with Gasteiger partial charge in [-0.2, -0.15) is 0 Å². The molecule has 5 nitrogen and oxygen atoms in total. The first-order chi connectivity index (χ1) is 12.5. The predicted octanol–water partition coefficient (Wildman–Crippen LogP) is 3.75. The minimum Gasteiger partial charge on any atom is -0.496 e. The summed E-state index contributed by atoms with van der Waals surface area (Å²) in [6.45, 7) is 5.79. The van der Waals surface area contributed by atoms with E-state index >= 15 is 0 Å². The molecular formula is C21H30IN3O2. The lowest BCUT2D eigenvalue weighted by atomic mass is 10.1. The molecule has 1 atom stereocenters. The first-order valence-corrected chi connectivity index (χ1v) is 8.91. The molecule has 2 N–H and O–H groups in total. The second-order valence-corrected chi connectivity index (χ2v) is 6.29. The molecule has 1 unspecified atom stereocenters. The van der Waals surface area contributed by atoms with Crippen molar-refractivity contribution in [2.45, 2.75) is 26.5 Å². The molecule has 148 valence electrons. The third-order valence-corrected chi connectivity index (χ3v) is 4.17.